The van der Waals surface area contributed by atoms with Gasteiger partial charge in [0.25, 0.3) is 5.56 Å². The van der Waals surface area contributed by atoms with E-state index in [4.69, 9.17) is 4.98 Å². The number of fused-ring (bicyclic) bond motifs is 1. The molecule has 170 valence electrons. The number of hydrogen-bond acceptors (Lipinski definition) is 5. The van der Waals surface area contributed by atoms with Crippen LogP contribution in [0.25, 0.3) is 16.9 Å². The highest BCUT2D eigenvalue weighted by molar-refractivity contribution is 5.63. The van der Waals surface area contributed by atoms with Gasteiger partial charge in [0.1, 0.15) is 5.69 Å². The first-order valence-electron chi connectivity index (χ1n) is 10.9. The Labute approximate surface area is 195 Å². The van der Waals surface area contributed by atoms with Crippen LogP contribution in [-0.2, 0) is 26.9 Å². The van der Waals surface area contributed by atoms with Crippen LogP contribution in [0.3, 0.4) is 0 Å². The molecule has 0 spiro atoms. The van der Waals surface area contributed by atoms with Gasteiger partial charge in [-0.15, -0.1) is 0 Å². The van der Waals surface area contributed by atoms with Crippen LogP contribution in [-0.4, -0.2) is 28.6 Å². The average molecular weight is 454 g/mol. The number of rotatable bonds is 5. The second kappa shape index (κ2) is 8.47. The van der Waals surface area contributed by atoms with Crippen molar-refractivity contribution in [1.82, 2.24) is 23.5 Å². The van der Waals surface area contributed by atoms with Crippen LogP contribution < -0.4 is 11.2 Å². The lowest BCUT2D eigenvalue weighted by molar-refractivity contribution is 0.442. The first kappa shape index (κ1) is 21.4. The summed E-state index contributed by atoms with van der Waals surface area (Å²) in [5, 5.41) is 11.1. The lowest BCUT2D eigenvalue weighted by Gasteiger charge is -2.08. The number of nitrogens with zero attached hydrogens (tertiary/aromatic N) is 5. The van der Waals surface area contributed by atoms with Crippen molar-refractivity contribution in [2.45, 2.75) is 12.8 Å². The topological polar surface area (TPSA) is 94.4 Å². The van der Waals surface area contributed by atoms with Gasteiger partial charge in [-0.1, -0.05) is 60.7 Å². The van der Waals surface area contributed by atoms with Crippen molar-refractivity contribution in [3.05, 3.63) is 116 Å². The van der Waals surface area contributed by atoms with E-state index >= 15 is 0 Å². The highest BCUT2D eigenvalue weighted by atomic mass is 16.3. The Morgan fingerprint density at radius 1 is 0.824 bits per heavy atom. The largest absolute Gasteiger partial charge is 0.493 e. The molecule has 3 aromatic heterocycles. The Hall–Kier alpha value is -4.46. The molecule has 0 bridgehead atoms. The second-order valence-corrected chi connectivity index (χ2v) is 8.27. The lowest BCUT2D eigenvalue weighted by atomic mass is 10.1. The van der Waals surface area contributed by atoms with Crippen LogP contribution >= 0.6 is 0 Å². The number of aromatic hydroxyl groups is 1. The number of benzene rings is 2. The standard InChI is InChI=1S/C26H23N5O3/c1-29-15-19(24(32)30(2)26(29)34)14-21-25(33)31-16-22(18-11-7-4-8-12-18)27-20(23(31)28-21)13-17-9-5-3-6-10-17/h3-12,15-16,33H,13-14H2,1-2H3. The van der Waals surface area contributed by atoms with Gasteiger partial charge in [-0.3, -0.25) is 13.8 Å². The predicted molar refractivity (Wildman–Crippen MR) is 129 cm³/mol. The van der Waals surface area contributed by atoms with Crippen LogP contribution in [0.2, 0.25) is 0 Å². The van der Waals surface area contributed by atoms with Crippen molar-refractivity contribution >= 4 is 5.65 Å². The summed E-state index contributed by atoms with van der Waals surface area (Å²) in [5.74, 6) is -0.0557. The molecule has 0 atom stereocenters. The van der Waals surface area contributed by atoms with E-state index in [0.717, 1.165) is 15.7 Å². The van der Waals surface area contributed by atoms with E-state index in [1.807, 2.05) is 60.7 Å². The first-order chi connectivity index (χ1) is 16.4. The Bertz CT molecular complexity index is 1620. The molecule has 8 nitrogen and oxygen atoms in total. The maximum atomic E-state index is 12.6. The molecule has 0 radical (unpaired) electrons. The van der Waals surface area contributed by atoms with Crippen molar-refractivity contribution in [1.29, 1.82) is 0 Å². The molecule has 0 saturated carbocycles. The normalized spacial score (nSPS) is 11.2. The molecule has 0 aliphatic heterocycles. The van der Waals surface area contributed by atoms with Gasteiger partial charge in [0.2, 0.25) is 5.88 Å². The monoisotopic (exact) mass is 453 g/mol. The predicted octanol–water partition coefficient (Wildman–Crippen LogP) is 2.68. The molecule has 1 N–H and O–H groups in total. The molecule has 3 heterocycles. The number of aromatic nitrogens is 5. The lowest BCUT2D eigenvalue weighted by Crippen LogP contribution is -2.38. The third-order valence-electron chi connectivity index (χ3n) is 5.88. The maximum absolute atomic E-state index is 12.6. The summed E-state index contributed by atoms with van der Waals surface area (Å²) in [7, 11) is 3.02. The molecule has 34 heavy (non-hydrogen) atoms. The fourth-order valence-electron chi connectivity index (χ4n) is 4.10. The van der Waals surface area contributed by atoms with Gasteiger partial charge in [-0.05, 0) is 5.56 Å². The molecule has 0 amide bonds. The van der Waals surface area contributed by atoms with Gasteiger partial charge in [-0.25, -0.2) is 14.8 Å². The summed E-state index contributed by atoms with van der Waals surface area (Å²) < 4.78 is 4.02. The Balaban J connectivity index is 1.67. The van der Waals surface area contributed by atoms with E-state index in [1.54, 1.807) is 17.6 Å². The van der Waals surface area contributed by atoms with Crippen molar-refractivity contribution in [2.75, 3.05) is 0 Å². The van der Waals surface area contributed by atoms with Gasteiger partial charge < -0.3 is 9.67 Å². The van der Waals surface area contributed by atoms with E-state index in [9.17, 15) is 14.7 Å². The smallest absolute Gasteiger partial charge is 0.330 e. The van der Waals surface area contributed by atoms with Crippen LogP contribution in [0, 0.1) is 0 Å². The quantitative estimate of drug-likeness (QED) is 0.442. The zero-order chi connectivity index (χ0) is 23.8. The third-order valence-corrected chi connectivity index (χ3v) is 5.88. The van der Waals surface area contributed by atoms with Crippen molar-refractivity contribution in [3.63, 3.8) is 0 Å². The van der Waals surface area contributed by atoms with E-state index in [0.29, 0.717) is 34.7 Å². The number of aryl methyl sites for hydroxylation is 1. The van der Waals surface area contributed by atoms with E-state index in [1.165, 1.54) is 17.8 Å². The average Bonchev–Trinajstić information content (AvgIpc) is 3.18. The molecule has 0 aliphatic rings. The highest BCUT2D eigenvalue weighted by Crippen LogP contribution is 2.27. The van der Waals surface area contributed by atoms with Crippen molar-refractivity contribution in [3.8, 4) is 17.1 Å². The summed E-state index contributed by atoms with van der Waals surface area (Å²) >= 11 is 0. The van der Waals surface area contributed by atoms with Crippen LogP contribution in [0.1, 0.15) is 22.5 Å². The Morgan fingerprint density at radius 3 is 2.21 bits per heavy atom. The SMILES string of the molecule is Cn1cc(Cc2nc3c(Cc4ccccc4)nc(-c4ccccc4)cn3c2O)c(=O)n(C)c1=O. The van der Waals surface area contributed by atoms with Crippen LogP contribution in [0.4, 0.5) is 0 Å². The first-order valence-corrected chi connectivity index (χ1v) is 10.9. The van der Waals surface area contributed by atoms with Crippen LogP contribution in [0.5, 0.6) is 5.88 Å². The number of hydrogen-bond donors (Lipinski definition) is 1. The van der Waals surface area contributed by atoms with Gasteiger partial charge >= 0.3 is 5.69 Å². The van der Waals surface area contributed by atoms with Crippen molar-refractivity contribution in [2.24, 2.45) is 14.1 Å². The Kier molecular flexibility index (Phi) is 5.33. The summed E-state index contributed by atoms with van der Waals surface area (Å²) in [4.78, 5) is 34.2. The zero-order valence-corrected chi connectivity index (χ0v) is 18.8. The van der Waals surface area contributed by atoms with Gasteiger partial charge in [0.15, 0.2) is 5.65 Å². The zero-order valence-electron chi connectivity index (χ0n) is 18.8. The minimum absolute atomic E-state index is 0.0557. The molecule has 0 aliphatic carbocycles. The molecule has 5 aromatic rings. The van der Waals surface area contributed by atoms with Gasteiger partial charge in [-0.2, -0.15) is 0 Å². The molecule has 8 heteroatoms. The fraction of sp³-hybridized carbons (Fsp3) is 0.154. The van der Waals surface area contributed by atoms with Crippen LogP contribution in [0.15, 0.2) is 82.6 Å². The maximum Gasteiger partial charge on any atom is 0.330 e. The molecule has 0 unspecified atom stereocenters. The van der Waals surface area contributed by atoms with E-state index < -0.39 is 11.2 Å². The summed E-state index contributed by atoms with van der Waals surface area (Å²) in [6.07, 6.45) is 3.86. The van der Waals surface area contributed by atoms with Gasteiger partial charge in [0, 0.05) is 50.5 Å². The summed E-state index contributed by atoms with van der Waals surface area (Å²) in [6, 6.07) is 19.7. The highest BCUT2D eigenvalue weighted by Gasteiger charge is 2.19. The summed E-state index contributed by atoms with van der Waals surface area (Å²) in [6.45, 7) is 0. The minimum Gasteiger partial charge on any atom is -0.493 e. The Morgan fingerprint density at radius 2 is 1.50 bits per heavy atom. The van der Waals surface area contributed by atoms with Crippen molar-refractivity contribution < 1.29 is 5.11 Å². The molecule has 2 aromatic carbocycles. The van der Waals surface area contributed by atoms with E-state index in [-0.39, 0.29) is 12.3 Å². The third kappa shape index (κ3) is 3.79. The minimum atomic E-state index is -0.410. The molecular formula is C26H23N5O3. The molecule has 0 fully saturated rings. The molecule has 0 saturated heterocycles. The molecule has 5 rings (SSSR count). The molecular weight excluding hydrogens is 430 g/mol. The summed E-state index contributed by atoms with van der Waals surface area (Å²) in [5.41, 5.74) is 3.82. The number of imidazole rings is 1. The van der Waals surface area contributed by atoms with E-state index in [2.05, 4.69) is 4.98 Å². The second-order valence-electron chi connectivity index (χ2n) is 8.27. The fourth-order valence-corrected chi connectivity index (χ4v) is 4.10. The van der Waals surface area contributed by atoms with Gasteiger partial charge in [0.05, 0.1) is 11.4 Å².